The van der Waals surface area contributed by atoms with E-state index < -0.39 is 47.9 Å². The number of benzene rings is 1. The van der Waals surface area contributed by atoms with Crippen molar-refractivity contribution in [1.82, 2.24) is 16.0 Å². The van der Waals surface area contributed by atoms with Gasteiger partial charge in [-0.05, 0) is 68.4 Å². The Morgan fingerprint density at radius 1 is 0.878 bits per heavy atom. The van der Waals surface area contributed by atoms with Gasteiger partial charge in [0.05, 0.1) is 6.04 Å². The van der Waals surface area contributed by atoms with Crippen LogP contribution < -0.4 is 38.9 Å². The number of aliphatic carboxylic acids is 1. The maximum Gasteiger partial charge on any atom is 0.326 e. The van der Waals surface area contributed by atoms with Crippen LogP contribution in [0.5, 0.6) is 5.75 Å². The van der Waals surface area contributed by atoms with E-state index in [2.05, 4.69) is 20.9 Å². The molecule has 4 unspecified atom stereocenters. The molecule has 1 aromatic rings. The third-order valence-electron chi connectivity index (χ3n) is 6.12. The Labute approximate surface area is 244 Å². The van der Waals surface area contributed by atoms with Crippen molar-refractivity contribution in [2.45, 2.75) is 69.1 Å². The second-order valence-corrected chi connectivity index (χ2v) is 10.5. The van der Waals surface area contributed by atoms with Gasteiger partial charge in [-0.1, -0.05) is 18.6 Å². The van der Waals surface area contributed by atoms with Gasteiger partial charge >= 0.3 is 5.97 Å². The van der Waals surface area contributed by atoms with Crippen LogP contribution in [0.25, 0.3) is 0 Å². The maximum atomic E-state index is 13.3. The molecule has 41 heavy (non-hydrogen) atoms. The molecule has 0 saturated carbocycles. The number of phenolic OH excluding ortho intramolecular Hbond substituents is 1. The van der Waals surface area contributed by atoms with Crippen LogP contribution in [0.2, 0.25) is 0 Å². The molecule has 0 aliphatic carbocycles. The summed E-state index contributed by atoms with van der Waals surface area (Å²) in [5.41, 5.74) is 22.8. The number of nitrogens with zero attached hydrogens (tertiary/aromatic N) is 1. The smallest absolute Gasteiger partial charge is 0.326 e. The van der Waals surface area contributed by atoms with Crippen LogP contribution in [-0.2, 0) is 25.6 Å². The number of hydrogen-bond donors (Lipinski definition) is 9. The number of aromatic hydroxyl groups is 1. The normalized spacial score (nSPS) is 13.7. The summed E-state index contributed by atoms with van der Waals surface area (Å²) < 4.78 is 0. The molecule has 0 saturated heterocycles. The Balaban J connectivity index is 3.01. The molecule has 0 fully saturated rings. The number of nitrogens with one attached hydrogen (secondary N) is 3. The lowest BCUT2D eigenvalue weighted by Gasteiger charge is -2.25. The number of carboxylic acids is 1. The molecule has 230 valence electrons. The molecule has 15 heteroatoms. The van der Waals surface area contributed by atoms with E-state index in [0.29, 0.717) is 43.5 Å². The van der Waals surface area contributed by atoms with Gasteiger partial charge in [-0.25, -0.2) is 4.79 Å². The van der Waals surface area contributed by atoms with Crippen LogP contribution >= 0.6 is 11.8 Å². The molecular formula is C26H44N8O6S. The van der Waals surface area contributed by atoms with Crippen molar-refractivity contribution in [2.24, 2.45) is 27.9 Å². The Kier molecular flexibility index (Phi) is 16.9. The van der Waals surface area contributed by atoms with Crippen molar-refractivity contribution in [3.05, 3.63) is 29.8 Å². The number of amides is 3. The largest absolute Gasteiger partial charge is 0.508 e. The lowest BCUT2D eigenvalue weighted by molar-refractivity contribution is -0.142. The van der Waals surface area contributed by atoms with Crippen LogP contribution in [0.4, 0.5) is 0 Å². The third kappa shape index (κ3) is 14.6. The summed E-state index contributed by atoms with van der Waals surface area (Å²) in [4.78, 5) is 55.0. The minimum Gasteiger partial charge on any atom is -0.508 e. The first-order chi connectivity index (χ1) is 19.5. The van der Waals surface area contributed by atoms with Crippen LogP contribution in [0.15, 0.2) is 29.3 Å². The first-order valence-electron chi connectivity index (χ1n) is 13.4. The number of aliphatic imine (C=N–C) groups is 1. The van der Waals surface area contributed by atoms with E-state index in [1.807, 2.05) is 6.26 Å². The second kappa shape index (κ2) is 19.5. The van der Waals surface area contributed by atoms with E-state index in [-0.39, 0.29) is 37.5 Å². The number of carbonyl (C=O) groups is 4. The highest BCUT2D eigenvalue weighted by atomic mass is 32.2. The summed E-state index contributed by atoms with van der Waals surface area (Å²) in [5.74, 6) is -2.65. The molecule has 0 bridgehead atoms. The minimum absolute atomic E-state index is 0.0287. The first-order valence-corrected chi connectivity index (χ1v) is 14.8. The van der Waals surface area contributed by atoms with Crippen molar-refractivity contribution < 1.29 is 29.4 Å². The van der Waals surface area contributed by atoms with E-state index in [0.717, 1.165) is 0 Å². The van der Waals surface area contributed by atoms with Crippen LogP contribution in [0.1, 0.15) is 44.1 Å². The molecular weight excluding hydrogens is 552 g/mol. The Morgan fingerprint density at radius 2 is 1.46 bits per heavy atom. The summed E-state index contributed by atoms with van der Waals surface area (Å²) >= 11 is 1.45. The molecule has 0 heterocycles. The molecule has 1 aromatic carbocycles. The highest BCUT2D eigenvalue weighted by Crippen LogP contribution is 2.12. The average Bonchev–Trinajstić information content (AvgIpc) is 2.92. The van der Waals surface area contributed by atoms with Crippen molar-refractivity contribution in [2.75, 3.05) is 25.1 Å². The molecule has 3 amide bonds. The molecule has 4 atom stereocenters. The quantitative estimate of drug-likeness (QED) is 0.0487. The van der Waals surface area contributed by atoms with Gasteiger partial charge in [-0.3, -0.25) is 19.4 Å². The fraction of sp³-hybridized carbons (Fsp3) is 0.577. The molecule has 0 spiro atoms. The number of carbonyl (C=O) groups excluding carboxylic acids is 3. The number of hydrogen-bond acceptors (Lipinski definition) is 9. The van der Waals surface area contributed by atoms with Gasteiger partial charge in [0.1, 0.15) is 23.9 Å². The van der Waals surface area contributed by atoms with Gasteiger partial charge in [0.25, 0.3) is 0 Å². The fourth-order valence-corrected chi connectivity index (χ4v) is 4.28. The van der Waals surface area contributed by atoms with Crippen LogP contribution in [0, 0.1) is 0 Å². The number of nitrogens with two attached hydrogens (primary N) is 4. The number of unbranched alkanes of at least 4 members (excludes halogenated alkanes) is 1. The van der Waals surface area contributed by atoms with Gasteiger partial charge in [0.15, 0.2) is 5.96 Å². The number of rotatable bonds is 20. The van der Waals surface area contributed by atoms with Crippen LogP contribution in [-0.4, -0.2) is 89.1 Å². The predicted octanol–water partition coefficient (Wildman–Crippen LogP) is -1.26. The zero-order valence-electron chi connectivity index (χ0n) is 23.4. The van der Waals surface area contributed by atoms with Crippen molar-refractivity contribution >= 4 is 41.4 Å². The van der Waals surface area contributed by atoms with Gasteiger partial charge in [-0.15, -0.1) is 0 Å². The Morgan fingerprint density at radius 3 is 2.02 bits per heavy atom. The van der Waals surface area contributed by atoms with Gasteiger partial charge in [0.2, 0.25) is 17.7 Å². The molecule has 1 rings (SSSR count). The van der Waals surface area contributed by atoms with Crippen LogP contribution in [0.3, 0.4) is 0 Å². The highest BCUT2D eigenvalue weighted by Gasteiger charge is 2.30. The lowest BCUT2D eigenvalue weighted by atomic mass is 10.0. The van der Waals surface area contributed by atoms with E-state index in [9.17, 15) is 29.4 Å². The topological polar surface area (TPSA) is 261 Å². The van der Waals surface area contributed by atoms with E-state index in [1.165, 1.54) is 23.9 Å². The summed E-state index contributed by atoms with van der Waals surface area (Å²) in [6, 6.07) is 1.73. The van der Waals surface area contributed by atoms with Crippen molar-refractivity contribution in [3.63, 3.8) is 0 Å². The van der Waals surface area contributed by atoms with Crippen molar-refractivity contribution in [3.8, 4) is 5.75 Å². The minimum atomic E-state index is -1.28. The number of thioether (sulfide) groups is 1. The van der Waals surface area contributed by atoms with Gasteiger partial charge in [0, 0.05) is 13.0 Å². The zero-order chi connectivity index (χ0) is 30.8. The lowest BCUT2D eigenvalue weighted by Crippen LogP contribution is -2.57. The molecule has 13 N–H and O–H groups in total. The van der Waals surface area contributed by atoms with Gasteiger partial charge in [-0.2, -0.15) is 11.8 Å². The number of carboxylic acid groups (broad SMARTS) is 1. The standard InChI is InChI=1S/C26H44N8O6S/c1-41-14-11-20(24(38)34-21(25(39)40)15-16-7-9-17(35)10-8-16)33-23(37)19(6-4-13-31-26(29)30)32-22(36)18(28)5-2-3-12-27/h7-10,18-21,35H,2-6,11-15,27-28H2,1H3,(H,32,36)(H,33,37)(H,34,38)(H,39,40)(H4,29,30,31). The van der Waals surface area contributed by atoms with E-state index >= 15 is 0 Å². The molecule has 0 aromatic heterocycles. The number of phenols is 1. The second-order valence-electron chi connectivity index (χ2n) is 9.51. The summed E-state index contributed by atoms with van der Waals surface area (Å²) in [7, 11) is 0. The fourth-order valence-electron chi connectivity index (χ4n) is 3.81. The third-order valence-corrected chi connectivity index (χ3v) is 6.76. The molecule has 0 aliphatic rings. The maximum absolute atomic E-state index is 13.3. The first kappa shape index (κ1) is 35.5. The summed E-state index contributed by atoms with van der Waals surface area (Å²) in [5, 5.41) is 27.0. The molecule has 14 nitrogen and oxygen atoms in total. The van der Waals surface area contributed by atoms with Gasteiger partial charge < -0.3 is 49.1 Å². The van der Waals surface area contributed by atoms with E-state index in [4.69, 9.17) is 22.9 Å². The Hall–Kier alpha value is -3.56. The molecule has 0 aliphatic heterocycles. The van der Waals surface area contributed by atoms with Crippen molar-refractivity contribution in [1.29, 1.82) is 0 Å². The Bertz CT molecular complexity index is 1010. The van der Waals surface area contributed by atoms with E-state index in [1.54, 1.807) is 12.1 Å². The zero-order valence-corrected chi connectivity index (χ0v) is 24.2. The number of guanidine groups is 1. The summed E-state index contributed by atoms with van der Waals surface area (Å²) in [6.07, 6.45) is 4.29. The highest BCUT2D eigenvalue weighted by molar-refractivity contribution is 7.98. The monoisotopic (exact) mass is 596 g/mol. The SMILES string of the molecule is CSCCC(NC(=O)C(CCCN=C(N)N)NC(=O)C(N)CCCCN)C(=O)NC(Cc1ccc(O)cc1)C(=O)O. The summed E-state index contributed by atoms with van der Waals surface area (Å²) in [6.45, 7) is 0.694. The molecule has 0 radical (unpaired) electrons. The average molecular weight is 597 g/mol. The predicted molar refractivity (Wildman–Crippen MR) is 159 cm³/mol.